The maximum atomic E-state index is 6.55. The Morgan fingerprint density at radius 3 is 1.44 bits per heavy atom. The van der Waals surface area contributed by atoms with Crippen molar-refractivity contribution in [3.8, 4) is 0 Å². The Morgan fingerprint density at radius 1 is 0.688 bits per heavy atom. The van der Waals surface area contributed by atoms with Crippen molar-refractivity contribution in [3.63, 3.8) is 0 Å². The SMILES string of the molecule is ClB(CC1CCCCC1)CC1CCCCC1. The lowest BCUT2D eigenvalue weighted by atomic mass is 9.58. The fourth-order valence-electron chi connectivity index (χ4n) is 3.67. The molecule has 2 aliphatic carbocycles. The van der Waals surface area contributed by atoms with Gasteiger partial charge in [0.1, 0.15) is 0 Å². The fraction of sp³-hybridized carbons (Fsp3) is 1.00. The molecule has 0 aromatic rings. The van der Waals surface area contributed by atoms with Gasteiger partial charge in [0.05, 0.1) is 0 Å². The predicted molar refractivity (Wildman–Crippen MR) is 74.4 cm³/mol. The molecule has 0 radical (unpaired) electrons. The monoisotopic (exact) mass is 240 g/mol. The predicted octanol–water partition coefficient (Wildman–Crippen LogP) is 5.38. The number of hydrogen-bond acceptors (Lipinski definition) is 0. The Morgan fingerprint density at radius 2 is 1.06 bits per heavy atom. The smallest absolute Gasteiger partial charge is 0.196 e. The number of halogens is 1. The Hall–Kier alpha value is 0.355. The molecule has 0 aromatic heterocycles. The lowest BCUT2D eigenvalue weighted by Crippen LogP contribution is -2.18. The summed E-state index contributed by atoms with van der Waals surface area (Å²) in [7, 11) is 0. The molecule has 2 rings (SSSR count). The van der Waals surface area contributed by atoms with Gasteiger partial charge in [-0.05, 0) is 11.8 Å². The highest BCUT2D eigenvalue weighted by Gasteiger charge is 2.24. The van der Waals surface area contributed by atoms with Gasteiger partial charge in [-0.3, -0.25) is 0 Å². The van der Waals surface area contributed by atoms with Crippen molar-refractivity contribution in [2.24, 2.45) is 11.8 Å². The third-order valence-electron chi connectivity index (χ3n) is 4.63. The van der Waals surface area contributed by atoms with Crippen LogP contribution in [0.25, 0.3) is 0 Å². The number of hydrogen-bond donors (Lipinski definition) is 0. The van der Waals surface area contributed by atoms with Gasteiger partial charge in [-0.2, -0.15) is 11.5 Å². The minimum atomic E-state index is 0.478. The van der Waals surface area contributed by atoms with Crippen LogP contribution in [-0.4, -0.2) is 6.13 Å². The van der Waals surface area contributed by atoms with Crippen LogP contribution in [0.3, 0.4) is 0 Å². The molecule has 0 spiro atoms. The van der Waals surface area contributed by atoms with Gasteiger partial charge in [-0.15, -0.1) is 0 Å². The van der Waals surface area contributed by atoms with E-state index in [2.05, 4.69) is 0 Å². The topological polar surface area (TPSA) is 0 Å². The lowest BCUT2D eigenvalue weighted by Gasteiger charge is -2.26. The van der Waals surface area contributed by atoms with Crippen molar-refractivity contribution in [1.82, 2.24) is 0 Å². The average molecular weight is 241 g/mol. The van der Waals surface area contributed by atoms with E-state index in [1.165, 1.54) is 76.8 Å². The minimum absolute atomic E-state index is 0.478. The van der Waals surface area contributed by atoms with Gasteiger partial charge >= 0.3 is 0 Å². The zero-order valence-corrected chi connectivity index (χ0v) is 11.4. The molecule has 0 aromatic carbocycles. The van der Waals surface area contributed by atoms with Crippen LogP contribution in [0.15, 0.2) is 0 Å². The molecule has 2 heteroatoms. The van der Waals surface area contributed by atoms with Gasteiger partial charge in [-0.25, -0.2) is 0 Å². The third-order valence-corrected chi connectivity index (χ3v) is 4.98. The summed E-state index contributed by atoms with van der Waals surface area (Å²) < 4.78 is 0. The molecular formula is C14H26BCl. The van der Waals surface area contributed by atoms with Crippen LogP contribution in [0.4, 0.5) is 0 Å². The van der Waals surface area contributed by atoms with E-state index in [0.717, 1.165) is 11.8 Å². The van der Waals surface area contributed by atoms with Crippen molar-refractivity contribution in [1.29, 1.82) is 0 Å². The summed E-state index contributed by atoms with van der Waals surface area (Å²) in [6.45, 7) is 0. The van der Waals surface area contributed by atoms with Gasteiger partial charge in [0.15, 0.2) is 0 Å². The molecule has 0 saturated heterocycles. The molecule has 0 N–H and O–H groups in total. The van der Waals surface area contributed by atoms with Crippen molar-refractivity contribution in [3.05, 3.63) is 0 Å². The van der Waals surface area contributed by atoms with Crippen LogP contribution in [-0.2, 0) is 0 Å². The van der Waals surface area contributed by atoms with Crippen LogP contribution >= 0.6 is 11.5 Å². The fourth-order valence-corrected chi connectivity index (χ4v) is 4.17. The first kappa shape index (κ1) is 12.8. The summed E-state index contributed by atoms with van der Waals surface area (Å²) in [6.07, 6.45) is 17.6. The first-order valence-electron chi connectivity index (χ1n) is 7.48. The van der Waals surface area contributed by atoms with Gasteiger partial charge in [0.2, 0.25) is 0 Å². The molecule has 0 nitrogen and oxygen atoms in total. The standard InChI is InChI=1S/C14H26BCl/c16-15(11-13-7-3-1-4-8-13)12-14-9-5-2-6-10-14/h13-14H,1-12H2. The Balaban J connectivity index is 1.64. The normalized spacial score (nSPS) is 24.6. The summed E-state index contributed by atoms with van der Waals surface area (Å²) in [5.74, 6) is 1.92. The maximum Gasteiger partial charge on any atom is 0.251 e. The van der Waals surface area contributed by atoms with Crippen molar-refractivity contribution in [2.75, 3.05) is 0 Å². The van der Waals surface area contributed by atoms with E-state index in [9.17, 15) is 0 Å². The highest BCUT2D eigenvalue weighted by Crippen LogP contribution is 2.33. The Kier molecular flexibility index (Phi) is 5.55. The first-order valence-corrected chi connectivity index (χ1v) is 7.92. The van der Waals surface area contributed by atoms with Crippen molar-refractivity contribution < 1.29 is 0 Å². The van der Waals surface area contributed by atoms with Crippen LogP contribution in [0.2, 0.25) is 12.6 Å². The molecule has 0 atom stereocenters. The second-order valence-corrected chi connectivity index (χ2v) is 6.69. The molecule has 0 amide bonds. The van der Waals surface area contributed by atoms with Gasteiger partial charge in [0, 0.05) is 0 Å². The number of rotatable bonds is 4. The summed E-state index contributed by atoms with van der Waals surface area (Å²) in [5, 5.41) is 0. The van der Waals surface area contributed by atoms with E-state index in [1.807, 2.05) is 0 Å². The Labute approximate surface area is 107 Å². The molecule has 0 aliphatic heterocycles. The van der Waals surface area contributed by atoms with E-state index >= 15 is 0 Å². The largest absolute Gasteiger partial charge is 0.251 e. The lowest BCUT2D eigenvalue weighted by molar-refractivity contribution is 0.372. The molecule has 0 unspecified atom stereocenters. The van der Waals surface area contributed by atoms with E-state index in [-0.39, 0.29) is 0 Å². The van der Waals surface area contributed by atoms with Gasteiger partial charge < -0.3 is 0 Å². The van der Waals surface area contributed by atoms with Crippen molar-refractivity contribution >= 4 is 17.6 Å². The van der Waals surface area contributed by atoms with Gasteiger partial charge in [-0.1, -0.05) is 76.8 Å². The summed E-state index contributed by atoms with van der Waals surface area (Å²) >= 11 is 6.55. The van der Waals surface area contributed by atoms with Crippen LogP contribution in [0, 0.1) is 11.8 Å². The quantitative estimate of drug-likeness (QED) is 0.579. The third kappa shape index (κ3) is 4.32. The average Bonchev–Trinajstić information content (AvgIpc) is 2.31. The van der Waals surface area contributed by atoms with Crippen LogP contribution in [0.5, 0.6) is 0 Å². The minimum Gasteiger partial charge on any atom is -0.196 e. The molecular weight excluding hydrogens is 214 g/mol. The molecule has 2 aliphatic rings. The van der Waals surface area contributed by atoms with Gasteiger partial charge in [0.25, 0.3) is 6.13 Å². The van der Waals surface area contributed by atoms with E-state index < -0.39 is 0 Å². The molecule has 2 saturated carbocycles. The second kappa shape index (κ2) is 6.94. The molecule has 2 fully saturated rings. The summed E-state index contributed by atoms with van der Waals surface area (Å²) in [6, 6.07) is 0. The summed E-state index contributed by atoms with van der Waals surface area (Å²) in [5.41, 5.74) is 0. The highest BCUT2D eigenvalue weighted by atomic mass is 35.5. The zero-order chi connectivity index (χ0) is 11.2. The van der Waals surface area contributed by atoms with Crippen LogP contribution in [0.1, 0.15) is 64.2 Å². The highest BCUT2D eigenvalue weighted by molar-refractivity contribution is 7.06. The summed E-state index contributed by atoms with van der Waals surface area (Å²) in [4.78, 5) is 0. The van der Waals surface area contributed by atoms with E-state index in [4.69, 9.17) is 11.5 Å². The molecule has 92 valence electrons. The van der Waals surface area contributed by atoms with E-state index in [0.29, 0.717) is 6.13 Å². The van der Waals surface area contributed by atoms with Crippen molar-refractivity contribution in [2.45, 2.75) is 76.8 Å². The molecule has 0 heterocycles. The second-order valence-electron chi connectivity index (χ2n) is 6.08. The maximum absolute atomic E-state index is 6.55. The zero-order valence-electron chi connectivity index (χ0n) is 10.6. The van der Waals surface area contributed by atoms with E-state index in [1.54, 1.807) is 0 Å². The Bertz CT molecular complexity index is 163. The molecule has 16 heavy (non-hydrogen) atoms. The first-order chi connectivity index (χ1) is 7.84. The van der Waals surface area contributed by atoms with Crippen LogP contribution < -0.4 is 0 Å². The molecule has 0 bridgehead atoms.